The fraction of sp³-hybridized carbons (Fsp3) is 0.500. The third-order valence-electron chi connectivity index (χ3n) is 8.23. The quantitative estimate of drug-likeness (QED) is 0.190. The summed E-state index contributed by atoms with van der Waals surface area (Å²) in [5.74, 6) is -6.56. The number of imide groups is 2. The van der Waals surface area contributed by atoms with E-state index in [4.69, 9.17) is 33.0 Å². The van der Waals surface area contributed by atoms with Crippen molar-refractivity contribution in [1.82, 2.24) is 9.80 Å². The summed E-state index contributed by atoms with van der Waals surface area (Å²) in [5.41, 5.74) is 0.915. The molecule has 1 saturated carbocycles. The highest BCUT2D eigenvalue weighted by Crippen LogP contribution is 2.66. The molecule has 39 heavy (non-hydrogen) atoms. The number of benzene rings is 1. The number of carboxylic acid groups (broad SMARTS) is 1. The lowest BCUT2D eigenvalue weighted by molar-refractivity contribution is -0.143. The number of aliphatic hydroxyl groups is 1. The van der Waals surface area contributed by atoms with Crippen LogP contribution in [-0.2, 0) is 24.0 Å². The van der Waals surface area contributed by atoms with E-state index >= 15 is 0 Å². The molecule has 0 radical (unpaired) electrons. The fourth-order valence-electron chi connectivity index (χ4n) is 6.60. The zero-order valence-corrected chi connectivity index (χ0v) is 23.6. The first-order valence-corrected chi connectivity index (χ1v) is 14.3. The van der Waals surface area contributed by atoms with Crippen LogP contribution in [0.2, 0.25) is 0 Å². The van der Waals surface area contributed by atoms with Gasteiger partial charge in [0.1, 0.15) is 12.4 Å². The highest BCUT2D eigenvalue weighted by Gasteiger charge is 2.76. The smallest absolute Gasteiger partial charge is 0.305 e. The second kappa shape index (κ2) is 10.2. The number of hydrogen-bond donors (Lipinski definition) is 2. The first-order valence-electron chi connectivity index (χ1n) is 12.4. The van der Waals surface area contributed by atoms with Gasteiger partial charge in [0.2, 0.25) is 11.8 Å². The minimum atomic E-state index is -1.97. The molecule has 0 aromatic heterocycles. The van der Waals surface area contributed by atoms with Gasteiger partial charge in [-0.25, -0.2) is 0 Å². The molecular weight excluding hydrogens is 619 g/mol. The van der Waals surface area contributed by atoms with E-state index in [1.807, 2.05) is 0 Å². The number of hydrogen-bond acceptors (Lipinski definition) is 7. The van der Waals surface area contributed by atoms with Crippen LogP contribution in [0.15, 0.2) is 35.9 Å². The van der Waals surface area contributed by atoms with E-state index < -0.39 is 69.4 Å². The van der Waals surface area contributed by atoms with Gasteiger partial charge in [-0.15, -0.1) is 23.2 Å². The van der Waals surface area contributed by atoms with Crippen molar-refractivity contribution in [3.63, 3.8) is 0 Å². The Hall–Kier alpha value is -2.47. The monoisotopic (exact) mass is 642 g/mol. The molecular formula is C26H25BrCl2N2O8. The van der Waals surface area contributed by atoms with Gasteiger partial charge in [0.05, 0.1) is 30.3 Å². The van der Waals surface area contributed by atoms with Crippen molar-refractivity contribution in [2.75, 3.05) is 25.2 Å². The Kier molecular flexibility index (Phi) is 7.32. The minimum absolute atomic E-state index is 0.0376. The summed E-state index contributed by atoms with van der Waals surface area (Å²) >= 11 is 17.5. The number of ether oxygens (including phenoxy) is 1. The number of fused-ring (bicyclic) bond motifs is 4. The molecule has 2 saturated heterocycles. The maximum Gasteiger partial charge on any atom is 0.305 e. The summed E-state index contributed by atoms with van der Waals surface area (Å²) < 4.78 is 5.77. The van der Waals surface area contributed by atoms with E-state index in [1.165, 1.54) is 0 Å². The van der Waals surface area contributed by atoms with Crippen LogP contribution in [0.5, 0.6) is 5.75 Å². The number of halogens is 3. The van der Waals surface area contributed by atoms with Crippen LogP contribution in [0.4, 0.5) is 0 Å². The molecule has 2 aliphatic heterocycles. The number of para-hydroxylation sites is 1. The molecule has 6 atom stereocenters. The van der Waals surface area contributed by atoms with Gasteiger partial charge in [0.15, 0.2) is 9.75 Å². The molecule has 3 fully saturated rings. The van der Waals surface area contributed by atoms with Gasteiger partial charge >= 0.3 is 5.97 Å². The molecule has 208 valence electrons. The molecule has 4 amide bonds. The zero-order chi connectivity index (χ0) is 28.3. The Morgan fingerprint density at radius 3 is 2.46 bits per heavy atom. The molecule has 1 aromatic carbocycles. The lowest BCUT2D eigenvalue weighted by atomic mass is 9.56. The van der Waals surface area contributed by atoms with Crippen LogP contribution in [0.25, 0.3) is 0 Å². The second-order valence-electron chi connectivity index (χ2n) is 10.1. The Labute approximate surface area is 242 Å². The van der Waals surface area contributed by atoms with Crippen molar-refractivity contribution in [3.8, 4) is 5.75 Å². The standard InChI is InChI=1S/C26H25BrCl2N2O8/c27-12-31-23(37)25(28)11-16-13(5-6-15-19(16)22(36)30(21(15)35)8-7-18(33)34)20(26(25,29)24(31)38)14-3-1-2-4-17(14)39-10-9-32/h1-5,15-16,19-20,32H,6-12H2,(H,33,34). The van der Waals surface area contributed by atoms with Crippen molar-refractivity contribution in [1.29, 1.82) is 0 Å². The summed E-state index contributed by atoms with van der Waals surface area (Å²) in [5, 5.41) is 18.5. The number of alkyl halides is 3. The lowest BCUT2D eigenvalue weighted by Gasteiger charge is -2.51. The topological polar surface area (TPSA) is 142 Å². The van der Waals surface area contributed by atoms with Gasteiger partial charge in [-0.1, -0.05) is 45.8 Å². The molecule has 6 unspecified atom stereocenters. The van der Waals surface area contributed by atoms with E-state index in [2.05, 4.69) is 15.9 Å². The molecule has 2 heterocycles. The number of aliphatic hydroxyl groups excluding tert-OH is 1. The molecule has 13 heteroatoms. The SMILES string of the molecule is O=C(O)CCN1C(=O)C2CC=C3C(CC4(Cl)C(=O)N(CBr)C(=O)C4(Cl)C3c3ccccc3OCCO)C2C1=O. The number of carbonyl (C=O) groups is 5. The summed E-state index contributed by atoms with van der Waals surface area (Å²) in [6.07, 6.45) is 1.41. The summed E-state index contributed by atoms with van der Waals surface area (Å²) in [6, 6.07) is 6.78. The predicted octanol–water partition coefficient (Wildman–Crippen LogP) is 2.24. The van der Waals surface area contributed by atoms with Gasteiger partial charge in [0, 0.05) is 18.0 Å². The van der Waals surface area contributed by atoms with Gasteiger partial charge < -0.3 is 14.9 Å². The predicted molar refractivity (Wildman–Crippen MR) is 141 cm³/mol. The molecule has 2 aliphatic carbocycles. The average Bonchev–Trinajstić information content (AvgIpc) is 3.24. The van der Waals surface area contributed by atoms with Crippen LogP contribution in [0.1, 0.15) is 30.7 Å². The molecule has 2 N–H and O–H groups in total. The fourth-order valence-corrected chi connectivity index (χ4v) is 8.01. The van der Waals surface area contributed by atoms with Crippen molar-refractivity contribution in [2.24, 2.45) is 17.8 Å². The number of carboxylic acids is 1. The Bertz CT molecular complexity index is 1310. The van der Waals surface area contributed by atoms with Crippen LogP contribution < -0.4 is 4.74 Å². The van der Waals surface area contributed by atoms with Crippen molar-refractivity contribution in [2.45, 2.75) is 34.9 Å². The number of allylic oxidation sites excluding steroid dienone is 2. The van der Waals surface area contributed by atoms with Gasteiger partial charge in [0.25, 0.3) is 11.8 Å². The van der Waals surface area contributed by atoms with Crippen LogP contribution in [0, 0.1) is 17.8 Å². The zero-order valence-electron chi connectivity index (χ0n) is 20.5. The molecule has 4 aliphatic rings. The molecule has 10 nitrogen and oxygen atoms in total. The van der Waals surface area contributed by atoms with E-state index in [1.54, 1.807) is 30.3 Å². The maximum atomic E-state index is 13.8. The first-order chi connectivity index (χ1) is 18.5. The Morgan fingerprint density at radius 2 is 1.79 bits per heavy atom. The third-order valence-corrected chi connectivity index (χ3v) is 10.1. The molecule has 1 aromatic rings. The van der Waals surface area contributed by atoms with Crippen LogP contribution >= 0.6 is 39.1 Å². The van der Waals surface area contributed by atoms with Gasteiger partial charge in [-0.2, -0.15) is 0 Å². The number of carbonyl (C=O) groups excluding carboxylic acids is 4. The summed E-state index contributed by atoms with van der Waals surface area (Å²) in [6.45, 7) is -0.565. The van der Waals surface area contributed by atoms with Crippen LogP contribution in [-0.4, -0.2) is 84.6 Å². The van der Waals surface area contributed by atoms with E-state index in [0.717, 1.165) is 9.80 Å². The average molecular weight is 644 g/mol. The van der Waals surface area contributed by atoms with E-state index in [0.29, 0.717) is 16.9 Å². The number of aliphatic carboxylic acids is 1. The van der Waals surface area contributed by atoms with Crippen molar-refractivity contribution < 1.29 is 38.9 Å². The minimum Gasteiger partial charge on any atom is -0.491 e. The number of nitrogens with zero attached hydrogens (tertiary/aromatic N) is 2. The number of amides is 4. The van der Waals surface area contributed by atoms with Gasteiger partial charge in [-0.3, -0.25) is 33.8 Å². The van der Waals surface area contributed by atoms with E-state index in [9.17, 15) is 29.1 Å². The van der Waals surface area contributed by atoms with E-state index in [-0.39, 0.29) is 38.1 Å². The second-order valence-corrected chi connectivity index (χ2v) is 11.8. The first kappa shape index (κ1) is 28.1. The number of likely N-dealkylation sites (tertiary alicyclic amines) is 2. The highest BCUT2D eigenvalue weighted by atomic mass is 79.9. The lowest BCUT2D eigenvalue weighted by Crippen LogP contribution is -2.60. The highest BCUT2D eigenvalue weighted by molar-refractivity contribution is 9.09. The summed E-state index contributed by atoms with van der Waals surface area (Å²) in [7, 11) is 0. The Balaban J connectivity index is 1.67. The Morgan fingerprint density at radius 1 is 1.08 bits per heavy atom. The molecule has 5 rings (SSSR count). The largest absolute Gasteiger partial charge is 0.491 e. The normalized spacial score (nSPS) is 33.6. The molecule has 0 bridgehead atoms. The van der Waals surface area contributed by atoms with Gasteiger partial charge in [-0.05, 0) is 24.8 Å². The molecule has 0 spiro atoms. The van der Waals surface area contributed by atoms with Crippen molar-refractivity contribution in [3.05, 3.63) is 41.5 Å². The summed E-state index contributed by atoms with van der Waals surface area (Å²) in [4.78, 5) is 63.4. The maximum absolute atomic E-state index is 13.8. The number of rotatable bonds is 8. The van der Waals surface area contributed by atoms with Crippen molar-refractivity contribution >= 4 is 68.7 Å². The third kappa shape index (κ3) is 3.95. The van der Waals surface area contributed by atoms with Crippen LogP contribution in [0.3, 0.4) is 0 Å².